The number of hydrogen-bond donors (Lipinski definition) is 0. The number of likely N-dealkylation sites (N-methyl/N-ethyl adjacent to an activating group) is 1. The summed E-state index contributed by atoms with van der Waals surface area (Å²) in [6.07, 6.45) is 0. The molecular weight excluding hydrogens is 338 g/mol. The summed E-state index contributed by atoms with van der Waals surface area (Å²) in [5.74, 6) is 1.89. The van der Waals surface area contributed by atoms with Crippen LogP contribution in [0, 0.1) is 6.92 Å². The van der Waals surface area contributed by atoms with Crippen LogP contribution in [0.25, 0.3) is 0 Å². The van der Waals surface area contributed by atoms with Gasteiger partial charge in [-0.15, -0.1) is 11.3 Å². The van der Waals surface area contributed by atoms with Gasteiger partial charge in [0.05, 0.1) is 18.0 Å². The molecule has 2 amide bonds. The van der Waals surface area contributed by atoms with Crippen LogP contribution in [0.4, 0.5) is 0 Å². The summed E-state index contributed by atoms with van der Waals surface area (Å²) in [6, 6.07) is 7.59. The molecule has 0 saturated carbocycles. The van der Waals surface area contributed by atoms with Crippen LogP contribution in [0.1, 0.15) is 21.2 Å². The second-order valence-electron chi connectivity index (χ2n) is 6.33. The van der Waals surface area contributed by atoms with Gasteiger partial charge in [-0.2, -0.15) is 0 Å². The van der Waals surface area contributed by atoms with Gasteiger partial charge < -0.3 is 14.2 Å². The smallest absolute Gasteiger partial charge is 0.264 e. The van der Waals surface area contributed by atoms with Crippen molar-refractivity contribution in [3.8, 4) is 0 Å². The Morgan fingerprint density at radius 1 is 1.16 bits per heavy atom. The monoisotopic (exact) mass is 361 g/mol. The van der Waals surface area contributed by atoms with Gasteiger partial charge in [0, 0.05) is 26.2 Å². The molecule has 2 aromatic rings. The van der Waals surface area contributed by atoms with E-state index in [0.717, 1.165) is 16.4 Å². The molecule has 0 unspecified atom stereocenters. The largest absolute Gasteiger partial charge is 0.465 e. The van der Waals surface area contributed by atoms with Crippen molar-refractivity contribution in [1.29, 1.82) is 0 Å². The van der Waals surface area contributed by atoms with E-state index in [1.54, 1.807) is 0 Å². The van der Waals surface area contributed by atoms with Gasteiger partial charge >= 0.3 is 0 Å². The maximum atomic E-state index is 12.5. The zero-order valence-corrected chi connectivity index (χ0v) is 15.4. The van der Waals surface area contributed by atoms with Gasteiger partial charge in [-0.05, 0) is 37.6 Å². The summed E-state index contributed by atoms with van der Waals surface area (Å²) >= 11 is 1.46. The minimum atomic E-state index is 0.0624. The molecule has 0 aliphatic carbocycles. The van der Waals surface area contributed by atoms with E-state index in [2.05, 4.69) is 0 Å². The molecule has 0 aromatic carbocycles. The van der Waals surface area contributed by atoms with E-state index < -0.39 is 0 Å². The maximum Gasteiger partial charge on any atom is 0.264 e. The summed E-state index contributed by atoms with van der Waals surface area (Å²) < 4.78 is 5.55. The standard InChI is InChI=1S/C18H23N3O3S/c1-14-5-6-15(24-14)12-19(2)13-17(22)20-7-9-21(10-8-20)18(23)16-4-3-11-25-16/h3-6,11H,7-10,12-13H2,1-2H3. The van der Waals surface area contributed by atoms with Crippen LogP contribution < -0.4 is 0 Å². The van der Waals surface area contributed by atoms with Crippen LogP contribution in [0.5, 0.6) is 0 Å². The molecule has 0 radical (unpaired) electrons. The third-order valence-electron chi connectivity index (χ3n) is 4.28. The third kappa shape index (κ3) is 4.49. The van der Waals surface area contributed by atoms with E-state index in [1.807, 2.05) is 58.3 Å². The number of piperazine rings is 1. The van der Waals surface area contributed by atoms with Gasteiger partial charge in [0.15, 0.2) is 0 Å². The fourth-order valence-corrected chi connectivity index (χ4v) is 3.63. The molecule has 1 saturated heterocycles. The van der Waals surface area contributed by atoms with Crippen molar-refractivity contribution < 1.29 is 14.0 Å². The minimum absolute atomic E-state index is 0.0624. The van der Waals surface area contributed by atoms with Crippen molar-refractivity contribution in [2.45, 2.75) is 13.5 Å². The lowest BCUT2D eigenvalue weighted by Crippen LogP contribution is -2.52. The topological polar surface area (TPSA) is 57.0 Å². The van der Waals surface area contributed by atoms with Crippen molar-refractivity contribution >= 4 is 23.2 Å². The highest BCUT2D eigenvalue weighted by Crippen LogP contribution is 2.14. The van der Waals surface area contributed by atoms with Crippen LogP contribution in [0.15, 0.2) is 34.1 Å². The highest BCUT2D eigenvalue weighted by molar-refractivity contribution is 7.12. The minimum Gasteiger partial charge on any atom is -0.465 e. The lowest BCUT2D eigenvalue weighted by atomic mass is 10.2. The van der Waals surface area contributed by atoms with Gasteiger partial charge in [-0.1, -0.05) is 6.07 Å². The first-order chi connectivity index (χ1) is 12.0. The van der Waals surface area contributed by atoms with E-state index in [1.165, 1.54) is 11.3 Å². The summed E-state index contributed by atoms with van der Waals surface area (Å²) in [6.45, 7) is 5.21. The highest BCUT2D eigenvalue weighted by atomic mass is 32.1. The molecule has 1 fully saturated rings. The predicted octanol–water partition coefficient (Wildman–Crippen LogP) is 2.07. The van der Waals surface area contributed by atoms with Gasteiger partial charge in [0.1, 0.15) is 11.5 Å². The molecular formula is C18H23N3O3S. The fourth-order valence-electron chi connectivity index (χ4n) is 2.94. The number of furan rings is 1. The molecule has 7 heteroatoms. The summed E-state index contributed by atoms with van der Waals surface area (Å²) in [5, 5.41) is 1.91. The average molecular weight is 361 g/mol. The number of carbonyl (C=O) groups excluding carboxylic acids is 2. The SMILES string of the molecule is Cc1ccc(CN(C)CC(=O)N2CCN(C(=O)c3cccs3)CC2)o1. The Morgan fingerprint density at radius 2 is 1.88 bits per heavy atom. The Bertz CT molecular complexity index is 718. The van der Waals surface area contributed by atoms with Crippen molar-refractivity contribution in [3.63, 3.8) is 0 Å². The Balaban J connectivity index is 1.45. The van der Waals surface area contributed by atoms with E-state index >= 15 is 0 Å². The lowest BCUT2D eigenvalue weighted by Gasteiger charge is -2.35. The van der Waals surface area contributed by atoms with Crippen LogP contribution in [-0.4, -0.2) is 66.3 Å². The molecule has 1 aliphatic heterocycles. The predicted molar refractivity (Wildman–Crippen MR) is 96.6 cm³/mol. The molecule has 1 aliphatic rings. The molecule has 0 bridgehead atoms. The lowest BCUT2D eigenvalue weighted by molar-refractivity contribution is -0.133. The Morgan fingerprint density at radius 3 is 2.48 bits per heavy atom. The van der Waals surface area contributed by atoms with Crippen molar-refractivity contribution in [2.75, 3.05) is 39.8 Å². The Labute approximate surface area is 151 Å². The zero-order valence-electron chi connectivity index (χ0n) is 14.6. The molecule has 2 aromatic heterocycles. The van der Waals surface area contributed by atoms with E-state index in [-0.39, 0.29) is 11.8 Å². The molecule has 3 rings (SSSR count). The Hall–Kier alpha value is -2.12. The number of rotatable bonds is 5. The second kappa shape index (κ2) is 7.84. The van der Waals surface area contributed by atoms with Crippen molar-refractivity contribution in [1.82, 2.24) is 14.7 Å². The molecule has 6 nitrogen and oxygen atoms in total. The quantitative estimate of drug-likeness (QED) is 0.818. The first-order valence-corrected chi connectivity index (χ1v) is 9.25. The van der Waals surface area contributed by atoms with Gasteiger partial charge in [-0.3, -0.25) is 14.5 Å². The van der Waals surface area contributed by atoms with Crippen LogP contribution in [0.3, 0.4) is 0 Å². The van der Waals surface area contributed by atoms with Crippen LogP contribution >= 0.6 is 11.3 Å². The van der Waals surface area contributed by atoms with Crippen molar-refractivity contribution in [3.05, 3.63) is 46.0 Å². The number of amides is 2. The first-order valence-electron chi connectivity index (χ1n) is 8.37. The van der Waals surface area contributed by atoms with E-state index in [0.29, 0.717) is 39.3 Å². The molecule has 3 heterocycles. The molecule has 0 atom stereocenters. The molecule has 134 valence electrons. The second-order valence-corrected chi connectivity index (χ2v) is 7.28. The molecule has 25 heavy (non-hydrogen) atoms. The van der Waals surface area contributed by atoms with Gasteiger partial charge in [-0.25, -0.2) is 0 Å². The first kappa shape index (κ1) is 17.7. The number of aryl methyl sites for hydroxylation is 1. The van der Waals surface area contributed by atoms with E-state index in [4.69, 9.17) is 4.42 Å². The summed E-state index contributed by atoms with van der Waals surface area (Å²) in [4.78, 5) is 31.2. The number of carbonyl (C=O) groups is 2. The van der Waals surface area contributed by atoms with Crippen LogP contribution in [0.2, 0.25) is 0 Å². The van der Waals surface area contributed by atoms with Crippen molar-refractivity contribution in [2.24, 2.45) is 0 Å². The molecule has 0 N–H and O–H groups in total. The number of hydrogen-bond acceptors (Lipinski definition) is 5. The summed E-state index contributed by atoms with van der Waals surface area (Å²) in [7, 11) is 1.91. The average Bonchev–Trinajstić information content (AvgIpc) is 3.26. The van der Waals surface area contributed by atoms with Gasteiger partial charge in [0.25, 0.3) is 5.91 Å². The molecule has 0 spiro atoms. The number of thiophene rings is 1. The van der Waals surface area contributed by atoms with Crippen LogP contribution in [-0.2, 0) is 11.3 Å². The zero-order chi connectivity index (χ0) is 17.8. The normalized spacial score (nSPS) is 15.0. The Kier molecular flexibility index (Phi) is 5.55. The highest BCUT2D eigenvalue weighted by Gasteiger charge is 2.25. The maximum absolute atomic E-state index is 12.5. The van der Waals surface area contributed by atoms with E-state index in [9.17, 15) is 9.59 Å². The summed E-state index contributed by atoms with van der Waals surface area (Å²) in [5.41, 5.74) is 0. The third-order valence-corrected chi connectivity index (χ3v) is 5.14. The van der Waals surface area contributed by atoms with Gasteiger partial charge in [0.2, 0.25) is 5.91 Å². The number of nitrogens with zero attached hydrogens (tertiary/aromatic N) is 3. The fraction of sp³-hybridized carbons (Fsp3) is 0.444.